The molecule has 0 spiro atoms. The largest absolute Gasteiger partial charge is 0.323 e. The highest BCUT2D eigenvalue weighted by molar-refractivity contribution is 5.83. The summed E-state index contributed by atoms with van der Waals surface area (Å²) >= 11 is 0. The summed E-state index contributed by atoms with van der Waals surface area (Å²) in [5.41, 5.74) is 7.42. The number of rotatable bonds is 5. The van der Waals surface area contributed by atoms with Crippen molar-refractivity contribution in [1.82, 2.24) is 0 Å². The molecule has 0 fully saturated rings. The summed E-state index contributed by atoms with van der Waals surface area (Å²) in [5.74, 6) is -2.36. The van der Waals surface area contributed by atoms with Crippen molar-refractivity contribution in [2.75, 3.05) is 0 Å². The van der Waals surface area contributed by atoms with Crippen LogP contribution >= 0.6 is 0 Å². The molecule has 4 heteroatoms. The number of hydrogen-bond donors (Lipinski definition) is 1. The first-order chi connectivity index (χ1) is 9.99. The summed E-state index contributed by atoms with van der Waals surface area (Å²) < 4.78 is 26.0. The molecule has 0 aliphatic heterocycles. The van der Waals surface area contributed by atoms with Crippen molar-refractivity contribution in [2.24, 2.45) is 11.7 Å². The van der Waals surface area contributed by atoms with Crippen LogP contribution in [0, 0.1) is 17.6 Å². The maximum Gasteiger partial charge on any atom is 0.159 e. The minimum Gasteiger partial charge on any atom is -0.323 e. The molecule has 0 heterocycles. The number of benzene rings is 2. The van der Waals surface area contributed by atoms with E-state index in [0.717, 1.165) is 17.7 Å². The van der Waals surface area contributed by atoms with Gasteiger partial charge in [-0.2, -0.15) is 0 Å². The summed E-state index contributed by atoms with van der Waals surface area (Å²) in [6.45, 7) is 1.75. The van der Waals surface area contributed by atoms with Crippen LogP contribution in [0.4, 0.5) is 8.78 Å². The summed E-state index contributed by atoms with van der Waals surface area (Å²) in [4.78, 5) is 12.2. The van der Waals surface area contributed by atoms with Gasteiger partial charge in [0.25, 0.3) is 0 Å². The molecule has 110 valence electrons. The minimum absolute atomic E-state index is 0.0406. The Kier molecular flexibility index (Phi) is 4.81. The van der Waals surface area contributed by atoms with E-state index < -0.39 is 23.6 Å². The molecular formula is C17H17F2NO. The van der Waals surface area contributed by atoms with E-state index in [0.29, 0.717) is 5.56 Å². The molecule has 0 aliphatic rings. The molecule has 0 bridgehead atoms. The third-order valence-corrected chi connectivity index (χ3v) is 3.59. The highest BCUT2D eigenvalue weighted by atomic mass is 19.2. The molecule has 2 unspecified atom stereocenters. The molecule has 21 heavy (non-hydrogen) atoms. The van der Waals surface area contributed by atoms with Crippen LogP contribution in [-0.4, -0.2) is 5.78 Å². The second-order valence-corrected chi connectivity index (χ2v) is 5.12. The second-order valence-electron chi connectivity index (χ2n) is 5.12. The van der Waals surface area contributed by atoms with Crippen molar-refractivity contribution < 1.29 is 13.6 Å². The van der Waals surface area contributed by atoms with Crippen molar-refractivity contribution in [3.8, 4) is 0 Å². The first-order valence-corrected chi connectivity index (χ1v) is 6.76. The standard InChI is InChI=1S/C17H17F2NO/c1-11(17(20)13-5-3-2-4-6-13)16(21)10-12-7-8-14(18)15(19)9-12/h2-9,11,17H,10,20H2,1H3. The van der Waals surface area contributed by atoms with Crippen LogP contribution in [0.1, 0.15) is 24.1 Å². The first kappa shape index (κ1) is 15.3. The maximum absolute atomic E-state index is 13.1. The SMILES string of the molecule is CC(C(=O)Cc1ccc(F)c(F)c1)C(N)c1ccccc1. The van der Waals surface area contributed by atoms with Crippen molar-refractivity contribution in [2.45, 2.75) is 19.4 Å². The Bertz CT molecular complexity index is 628. The Morgan fingerprint density at radius 1 is 1.10 bits per heavy atom. The predicted octanol–water partition coefficient (Wildman–Crippen LogP) is 3.41. The number of carbonyl (C=O) groups excluding carboxylic acids is 1. The number of carbonyl (C=O) groups is 1. The molecule has 2 atom stereocenters. The number of halogens is 2. The summed E-state index contributed by atoms with van der Waals surface area (Å²) in [5, 5.41) is 0. The zero-order valence-electron chi connectivity index (χ0n) is 11.7. The van der Waals surface area contributed by atoms with Crippen LogP contribution in [0.5, 0.6) is 0 Å². The first-order valence-electron chi connectivity index (χ1n) is 6.76. The lowest BCUT2D eigenvalue weighted by Crippen LogP contribution is -2.27. The van der Waals surface area contributed by atoms with Gasteiger partial charge in [0.15, 0.2) is 11.6 Å². The third kappa shape index (κ3) is 3.73. The Balaban J connectivity index is 2.07. The molecule has 2 aromatic carbocycles. The zero-order valence-corrected chi connectivity index (χ0v) is 11.7. The highest BCUT2D eigenvalue weighted by Crippen LogP contribution is 2.21. The molecule has 0 aliphatic carbocycles. The summed E-state index contributed by atoms with van der Waals surface area (Å²) in [6.07, 6.45) is 0.0406. The average Bonchev–Trinajstić information content (AvgIpc) is 2.50. The van der Waals surface area contributed by atoms with E-state index in [4.69, 9.17) is 5.73 Å². The Morgan fingerprint density at radius 2 is 1.76 bits per heavy atom. The number of nitrogens with two attached hydrogens (primary N) is 1. The fraction of sp³-hybridized carbons (Fsp3) is 0.235. The normalized spacial score (nSPS) is 13.7. The molecule has 0 amide bonds. The van der Waals surface area contributed by atoms with E-state index >= 15 is 0 Å². The lowest BCUT2D eigenvalue weighted by Gasteiger charge is -2.19. The number of ketones is 1. The molecule has 2 rings (SSSR count). The van der Waals surface area contributed by atoms with Gasteiger partial charge in [-0.25, -0.2) is 8.78 Å². The third-order valence-electron chi connectivity index (χ3n) is 3.59. The van der Waals surface area contributed by atoms with E-state index in [1.807, 2.05) is 30.3 Å². The lowest BCUT2D eigenvalue weighted by molar-refractivity contribution is -0.122. The predicted molar refractivity (Wildman–Crippen MR) is 77.6 cm³/mol. The smallest absolute Gasteiger partial charge is 0.159 e. The molecule has 2 aromatic rings. The fourth-order valence-corrected chi connectivity index (χ4v) is 2.18. The minimum atomic E-state index is -0.944. The lowest BCUT2D eigenvalue weighted by atomic mass is 9.89. The number of hydrogen-bond acceptors (Lipinski definition) is 2. The van der Waals surface area contributed by atoms with Crippen LogP contribution in [0.15, 0.2) is 48.5 Å². The van der Waals surface area contributed by atoms with Crippen LogP contribution in [0.25, 0.3) is 0 Å². The Labute approximate surface area is 122 Å². The molecule has 2 N–H and O–H groups in total. The summed E-state index contributed by atoms with van der Waals surface area (Å²) in [6, 6.07) is 12.4. The van der Waals surface area contributed by atoms with E-state index in [1.54, 1.807) is 6.92 Å². The Hall–Kier alpha value is -2.07. The van der Waals surface area contributed by atoms with Gasteiger partial charge in [0, 0.05) is 18.4 Å². The maximum atomic E-state index is 13.1. The van der Waals surface area contributed by atoms with Crippen molar-refractivity contribution in [3.05, 3.63) is 71.3 Å². The molecular weight excluding hydrogens is 272 g/mol. The van der Waals surface area contributed by atoms with Crippen molar-refractivity contribution >= 4 is 5.78 Å². The topological polar surface area (TPSA) is 43.1 Å². The van der Waals surface area contributed by atoms with Gasteiger partial charge in [-0.05, 0) is 23.3 Å². The number of Topliss-reactive ketones (excluding diaryl/α,β-unsaturated/α-hetero) is 1. The van der Waals surface area contributed by atoms with Gasteiger partial charge in [-0.15, -0.1) is 0 Å². The van der Waals surface area contributed by atoms with Gasteiger partial charge in [-0.3, -0.25) is 4.79 Å². The van der Waals surface area contributed by atoms with Crippen LogP contribution in [-0.2, 0) is 11.2 Å². The van der Waals surface area contributed by atoms with E-state index in [1.165, 1.54) is 6.07 Å². The summed E-state index contributed by atoms with van der Waals surface area (Å²) in [7, 11) is 0. The molecule has 0 aromatic heterocycles. The molecule has 0 saturated heterocycles. The Morgan fingerprint density at radius 3 is 2.38 bits per heavy atom. The highest BCUT2D eigenvalue weighted by Gasteiger charge is 2.22. The zero-order chi connectivity index (χ0) is 15.4. The van der Waals surface area contributed by atoms with Gasteiger partial charge in [-0.1, -0.05) is 43.3 Å². The van der Waals surface area contributed by atoms with Crippen molar-refractivity contribution in [1.29, 1.82) is 0 Å². The van der Waals surface area contributed by atoms with Crippen molar-refractivity contribution in [3.63, 3.8) is 0 Å². The molecule has 2 nitrogen and oxygen atoms in total. The monoisotopic (exact) mass is 289 g/mol. The quantitative estimate of drug-likeness (QED) is 0.916. The van der Waals surface area contributed by atoms with E-state index in [-0.39, 0.29) is 12.2 Å². The van der Waals surface area contributed by atoms with Gasteiger partial charge in [0.1, 0.15) is 5.78 Å². The molecule has 0 saturated carbocycles. The van der Waals surface area contributed by atoms with Crippen LogP contribution < -0.4 is 5.73 Å². The van der Waals surface area contributed by atoms with Gasteiger partial charge >= 0.3 is 0 Å². The fourth-order valence-electron chi connectivity index (χ4n) is 2.18. The van der Waals surface area contributed by atoms with Gasteiger partial charge < -0.3 is 5.73 Å². The van der Waals surface area contributed by atoms with Crippen LogP contribution in [0.2, 0.25) is 0 Å². The van der Waals surface area contributed by atoms with Gasteiger partial charge in [0.2, 0.25) is 0 Å². The van der Waals surface area contributed by atoms with Gasteiger partial charge in [0.05, 0.1) is 0 Å². The van der Waals surface area contributed by atoms with E-state index in [2.05, 4.69) is 0 Å². The second kappa shape index (κ2) is 6.59. The molecule has 0 radical (unpaired) electrons. The van der Waals surface area contributed by atoms with E-state index in [9.17, 15) is 13.6 Å². The average molecular weight is 289 g/mol. The van der Waals surface area contributed by atoms with Crippen LogP contribution in [0.3, 0.4) is 0 Å².